The number of phenolic OH excluding ortho intramolecular Hbond substituents is 1. The molecule has 1 aromatic carbocycles. The lowest BCUT2D eigenvalue weighted by Gasteiger charge is -2.07. The maximum Gasteiger partial charge on any atom is 0.282 e. The van der Waals surface area contributed by atoms with Gasteiger partial charge < -0.3 is 5.11 Å². The predicted octanol–water partition coefficient (Wildman–Crippen LogP) is 2.18. The van der Waals surface area contributed by atoms with E-state index in [0.717, 1.165) is 0 Å². The Balaban J connectivity index is 1.95. The summed E-state index contributed by atoms with van der Waals surface area (Å²) in [5.41, 5.74) is 0.851. The fraction of sp³-hybridized carbons (Fsp3) is 0. The zero-order chi connectivity index (χ0) is 16.7. The smallest absolute Gasteiger partial charge is 0.282 e. The van der Waals surface area contributed by atoms with Crippen molar-refractivity contribution < 1.29 is 9.90 Å². The molecule has 0 spiro atoms. The van der Waals surface area contributed by atoms with E-state index in [4.69, 9.17) is 0 Å². The number of phenols is 1. The topological polar surface area (TPSA) is 84.6 Å². The molecule has 0 unspecified atom stereocenters. The zero-order valence-electron chi connectivity index (χ0n) is 12.4. The second-order valence-corrected chi connectivity index (χ2v) is 5.29. The van der Waals surface area contributed by atoms with Gasteiger partial charge in [0, 0.05) is 18.0 Å². The van der Waals surface area contributed by atoms with Gasteiger partial charge in [-0.25, -0.2) is 4.98 Å². The monoisotopic (exact) mass is 317 g/mol. The van der Waals surface area contributed by atoms with Crippen molar-refractivity contribution in [2.45, 2.75) is 0 Å². The van der Waals surface area contributed by atoms with Crippen LogP contribution < -0.4 is 5.56 Å². The molecule has 0 aliphatic carbocycles. The summed E-state index contributed by atoms with van der Waals surface area (Å²) in [6.45, 7) is 0. The maximum atomic E-state index is 12.6. The van der Waals surface area contributed by atoms with E-state index in [1.54, 1.807) is 40.9 Å². The van der Waals surface area contributed by atoms with Gasteiger partial charge in [-0.05, 0) is 30.3 Å². The van der Waals surface area contributed by atoms with Crippen LogP contribution in [0.3, 0.4) is 0 Å². The van der Waals surface area contributed by atoms with E-state index in [1.165, 1.54) is 24.4 Å². The highest BCUT2D eigenvalue weighted by molar-refractivity contribution is 6.11. The van der Waals surface area contributed by atoms with Gasteiger partial charge in [0.15, 0.2) is 11.4 Å². The number of pyridine rings is 2. The van der Waals surface area contributed by atoms with E-state index in [0.29, 0.717) is 11.3 Å². The van der Waals surface area contributed by atoms with Gasteiger partial charge in [0.2, 0.25) is 0 Å². The van der Waals surface area contributed by atoms with Crippen LogP contribution in [0.2, 0.25) is 0 Å². The molecular weight excluding hydrogens is 306 g/mol. The molecular formula is C18H11N3O3. The zero-order valence-corrected chi connectivity index (χ0v) is 12.4. The standard InChI is InChI=1S/C18H11N3O3/c22-14-6-2-1-5-12(14)16(23)11-9-13-17(19-10-11)21-8-4-3-7-15(21)20-18(13)24/h1-10,22H. The summed E-state index contributed by atoms with van der Waals surface area (Å²) in [4.78, 5) is 33.1. The fourth-order valence-corrected chi connectivity index (χ4v) is 2.62. The Morgan fingerprint density at radius 1 is 1.08 bits per heavy atom. The normalized spacial score (nSPS) is 11.0. The fourth-order valence-electron chi connectivity index (χ4n) is 2.62. The number of hydrogen-bond acceptors (Lipinski definition) is 5. The minimum atomic E-state index is -0.448. The van der Waals surface area contributed by atoms with Gasteiger partial charge in [0.25, 0.3) is 5.56 Å². The molecule has 6 nitrogen and oxygen atoms in total. The molecule has 24 heavy (non-hydrogen) atoms. The first-order valence-electron chi connectivity index (χ1n) is 7.25. The molecule has 4 aromatic rings. The van der Waals surface area contributed by atoms with Crippen LogP contribution in [0, 0.1) is 0 Å². The van der Waals surface area contributed by atoms with Crippen LogP contribution in [0.25, 0.3) is 16.7 Å². The van der Waals surface area contributed by atoms with Crippen molar-refractivity contribution in [3.63, 3.8) is 0 Å². The Bertz CT molecular complexity index is 1160. The highest BCUT2D eigenvalue weighted by Gasteiger charge is 2.16. The average molecular weight is 317 g/mol. The van der Waals surface area contributed by atoms with Crippen LogP contribution >= 0.6 is 0 Å². The summed E-state index contributed by atoms with van der Waals surface area (Å²) in [5, 5.41) is 10.1. The number of fused-ring (bicyclic) bond motifs is 3. The van der Waals surface area contributed by atoms with Crippen LogP contribution in [0.5, 0.6) is 5.75 Å². The van der Waals surface area contributed by atoms with E-state index < -0.39 is 11.3 Å². The number of nitrogens with zero attached hydrogens (tertiary/aromatic N) is 3. The van der Waals surface area contributed by atoms with Crippen LogP contribution in [0.1, 0.15) is 15.9 Å². The summed E-state index contributed by atoms with van der Waals surface area (Å²) in [7, 11) is 0. The van der Waals surface area contributed by atoms with Crippen LogP contribution in [-0.4, -0.2) is 25.3 Å². The molecule has 0 saturated carbocycles. The van der Waals surface area contributed by atoms with E-state index in [-0.39, 0.29) is 22.3 Å². The number of aromatic hydroxyl groups is 1. The highest BCUT2D eigenvalue weighted by Crippen LogP contribution is 2.21. The lowest BCUT2D eigenvalue weighted by Crippen LogP contribution is -2.13. The lowest BCUT2D eigenvalue weighted by atomic mass is 10.0. The number of para-hydroxylation sites is 1. The predicted molar refractivity (Wildman–Crippen MR) is 88.3 cm³/mol. The number of aromatic nitrogens is 3. The van der Waals surface area contributed by atoms with Gasteiger partial charge in [-0.1, -0.05) is 18.2 Å². The number of carbonyl (C=O) groups excluding carboxylic acids is 1. The van der Waals surface area contributed by atoms with Crippen molar-refractivity contribution in [2.75, 3.05) is 0 Å². The van der Waals surface area contributed by atoms with Gasteiger partial charge in [0.05, 0.1) is 10.9 Å². The van der Waals surface area contributed by atoms with E-state index >= 15 is 0 Å². The first-order valence-corrected chi connectivity index (χ1v) is 7.25. The van der Waals surface area contributed by atoms with Crippen molar-refractivity contribution in [2.24, 2.45) is 0 Å². The third-order valence-corrected chi connectivity index (χ3v) is 3.79. The van der Waals surface area contributed by atoms with Gasteiger partial charge >= 0.3 is 0 Å². The van der Waals surface area contributed by atoms with E-state index in [2.05, 4.69) is 9.97 Å². The average Bonchev–Trinajstić information content (AvgIpc) is 2.61. The Morgan fingerprint density at radius 2 is 1.88 bits per heavy atom. The summed E-state index contributed by atoms with van der Waals surface area (Å²) < 4.78 is 1.69. The molecule has 0 atom stereocenters. The number of benzene rings is 1. The van der Waals surface area contributed by atoms with Crippen molar-refractivity contribution in [1.29, 1.82) is 0 Å². The second-order valence-electron chi connectivity index (χ2n) is 5.29. The molecule has 6 heteroatoms. The number of hydrogen-bond donors (Lipinski definition) is 1. The molecule has 0 bridgehead atoms. The Hall–Kier alpha value is -3.54. The maximum absolute atomic E-state index is 12.6. The lowest BCUT2D eigenvalue weighted by molar-refractivity contribution is 0.103. The molecule has 0 fully saturated rings. The summed E-state index contributed by atoms with van der Waals surface area (Å²) in [5.74, 6) is -0.518. The van der Waals surface area contributed by atoms with Gasteiger partial charge in [0.1, 0.15) is 11.4 Å². The minimum absolute atomic E-state index is 0.115. The molecule has 0 aliphatic heterocycles. The highest BCUT2D eigenvalue weighted by atomic mass is 16.3. The Kier molecular flexibility index (Phi) is 3.09. The Labute approximate surface area is 135 Å². The quantitative estimate of drug-likeness (QED) is 0.452. The third-order valence-electron chi connectivity index (χ3n) is 3.79. The molecule has 0 saturated heterocycles. The first kappa shape index (κ1) is 14.1. The number of ketones is 1. The molecule has 3 heterocycles. The molecule has 116 valence electrons. The molecule has 4 rings (SSSR count). The van der Waals surface area contributed by atoms with Gasteiger partial charge in [-0.3, -0.25) is 14.0 Å². The van der Waals surface area contributed by atoms with Crippen molar-refractivity contribution in [1.82, 2.24) is 14.4 Å². The van der Waals surface area contributed by atoms with Crippen LogP contribution in [0.4, 0.5) is 0 Å². The van der Waals surface area contributed by atoms with Crippen LogP contribution in [0.15, 0.2) is 65.7 Å². The molecule has 1 N–H and O–H groups in total. The molecule has 0 aliphatic rings. The molecule has 3 aromatic heterocycles. The van der Waals surface area contributed by atoms with Crippen molar-refractivity contribution in [3.8, 4) is 5.75 Å². The third kappa shape index (κ3) is 2.13. The van der Waals surface area contributed by atoms with E-state index in [9.17, 15) is 14.7 Å². The SMILES string of the molecule is O=C(c1cnc2c(c1)c(=O)nc1ccccn12)c1ccccc1O. The first-order chi connectivity index (χ1) is 11.6. The summed E-state index contributed by atoms with van der Waals surface area (Å²) in [6, 6.07) is 13.0. The molecule has 0 amide bonds. The van der Waals surface area contributed by atoms with E-state index in [1.807, 2.05) is 0 Å². The Morgan fingerprint density at radius 3 is 2.71 bits per heavy atom. The van der Waals surface area contributed by atoms with Crippen molar-refractivity contribution >= 4 is 22.5 Å². The van der Waals surface area contributed by atoms with Gasteiger partial charge in [-0.15, -0.1) is 0 Å². The summed E-state index contributed by atoms with van der Waals surface area (Å²) in [6.07, 6.45) is 3.15. The van der Waals surface area contributed by atoms with Crippen molar-refractivity contribution in [3.05, 3.63) is 82.4 Å². The second kappa shape index (κ2) is 5.27. The summed E-state index contributed by atoms with van der Waals surface area (Å²) >= 11 is 0. The largest absolute Gasteiger partial charge is 0.507 e. The molecule has 0 radical (unpaired) electrons. The van der Waals surface area contributed by atoms with Crippen LogP contribution in [-0.2, 0) is 0 Å². The van der Waals surface area contributed by atoms with Gasteiger partial charge in [-0.2, -0.15) is 4.98 Å². The number of carbonyl (C=O) groups is 1. The minimum Gasteiger partial charge on any atom is -0.507 e. The number of rotatable bonds is 2.